The number of aliphatic carboxylic acids is 2. The van der Waals surface area contributed by atoms with Crippen LogP contribution in [0.2, 0.25) is 0 Å². The quantitative estimate of drug-likeness (QED) is 0.0431. The lowest BCUT2D eigenvalue weighted by Crippen LogP contribution is -2.41. The highest BCUT2D eigenvalue weighted by Crippen LogP contribution is 2.14. The molecule has 22 nitrogen and oxygen atoms in total. The third-order valence-corrected chi connectivity index (χ3v) is 10.5. The van der Waals surface area contributed by atoms with Gasteiger partial charge in [-0.2, -0.15) is 0 Å². The van der Waals surface area contributed by atoms with E-state index in [9.17, 15) is 38.7 Å². The molecule has 5 amide bonds. The molecule has 71 heavy (non-hydrogen) atoms. The Morgan fingerprint density at radius 2 is 0.662 bits per heavy atom. The Hall–Kier alpha value is -4.03. The van der Waals surface area contributed by atoms with Crippen molar-refractivity contribution >= 4 is 41.5 Å². The maximum Gasteiger partial charge on any atom is 0.326 e. The maximum absolute atomic E-state index is 12.4. The van der Waals surface area contributed by atoms with Crippen molar-refractivity contribution < 1.29 is 81.7 Å². The van der Waals surface area contributed by atoms with Gasteiger partial charge in [-0.1, -0.05) is 89.9 Å². The van der Waals surface area contributed by atoms with Gasteiger partial charge in [0.1, 0.15) is 25.9 Å². The SMILES string of the molecule is CCOCCOCCNC(=O)COCCOCCNC(=O)COCCOCCNC(=O)COCCOCCNC(=O)CC[C@H](NC(=O)CCCCCCCCCCCCCCCCCCC(=O)O)C(=O)O. The molecule has 0 radical (unpaired) electrons. The monoisotopic (exact) mass is 1020 g/mol. The lowest BCUT2D eigenvalue weighted by molar-refractivity contribution is -0.142. The first-order valence-corrected chi connectivity index (χ1v) is 26.0. The summed E-state index contributed by atoms with van der Waals surface area (Å²) in [4.78, 5) is 82.4. The number of carboxylic acid groups (broad SMARTS) is 2. The van der Waals surface area contributed by atoms with Crippen LogP contribution in [0.15, 0.2) is 0 Å². The Kier molecular flexibility index (Phi) is 49.3. The van der Waals surface area contributed by atoms with Crippen LogP contribution in [-0.4, -0.2) is 190 Å². The summed E-state index contributed by atoms with van der Waals surface area (Å²) < 4.78 is 42.4. The van der Waals surface area contributed by atoms with Crippen LogP contribution in [0, 0.1) is 0 Å². The van der Waals surface area contributed by atoms with E-state index < -0.39 is 18.0 Å². The van der Waals surface area contributed by atoms with Crippen LogP contribution in [0.25, 0.3) is 0 Å². The van der Waals surface area contributed by atoms with Crippen LogP contribution < -0.4 is 26.6 Å². The van der Waals surface area contributed by atoms with Gasteiger partial charge >= 0.3 is 11.9 Å². The lowest BCUT2D eigenvalue weighted by Gasteiger charge is -2.14. The topological polar surface area (TPSA) is 294 Å². The van der Waals surface area contributed by atoms with Crippen molar-refractivity contribution in [1.82, 2.24) is 26.6 Å². The molecule has 0 fully saturated rings. The number of amides is 5. The molecular formula is C49H91N5O17. The molecule has 0 aromatic rings. The van der Waals surface area contributed by atoms with Gasteiger partial charge in [-0.15, -0.1) is 0 Å². The van der Waals surface area contributed by atoms with Crippen molar-refractivity contribution in [1.29, 1.82) is 0 Å². The van der Waals surface area contributed by atoms with Gasteiger partial charge in [-0.3, -0.25) is 28.8 Å². The third-order valence-electron chi connectivity index (χ3n) is 10.5. The molecule has 0 spiro atoms. The molecule has 0 aliphatic heterocycles. The first kappa shape index (κ1) is 67.0. The molecule has 7 N–H and O–H groups in total. The molecule has 414 valence electrons. The van der Waals surface area contributed by atoms with E-state index in [0.717, 1.165) is 38.5 Å². The van der Waals surface area contributed by atoms with Crippen molar-refractivity contribution in [2.75, 3.05) is 132 Å². The Morgan fingerprint density at radius 3 is 1.00 bits per heavy atom. The number of hydrogen-bond acceptors (Lipinski definition) is 15. The van der Waals surface area contributed by atoms with Crippen molar-refractivity contribution in [3.05, 3.63) is 0 Å². The zero-order valence-electron chi connectivity index (χ0n) is 42.9. The average Bonchev–Trinajstić information content (AvgIpc) is 3.34. The second-order valence-corrected chi connectivity index (χ2v) is 16.8. The number of hydrogen-bond donors (Lipinski definition) is 7. The number of unbranched alkanes of at least 4 members (excludes halogenated alkanes) is 15. The molecule has 0 unspecified atom stereocenters. The second-order valence-electron chi connectivity index (χ2n) is 16.8. The minimum atomic E-state index is -1.18. The fourth-order valence-electron chi connectivity index (χ4n) is 6.65. The lowest BCUT2D eigenvalue weighted by atomic mass is 10.0. The number of carbonyl (C=O) groups is 7. The summed E-state index contributed by atoms with van der Waals surface area (Å²) in [5.41, 5.74) is 0. The predicted molar refractivity (Wildman–Crippen MR) is 264 cm³/mol. The summed E-state index contributed by atoms with van der Waals surface area (Å²) in [6, 6.07) is -1.14. The van der Waals surface area contributed by atoms with Crippen molar-refractivity contribution in [3.8, 4) is 0 Å². The molecule has 0 bridgehead atoms. The van der Waals surface area contributed by atoms with Gasteiger partial charge in [0, 0.05) is 52.0 Å². The van der Waals surface area contributed by atoms with Gasteiger partial charge in [0.2, 0.25) is 29.5 Å². The first-order valence-electron chi connectivity index (χ1n) is 26.0. The third kappa shape index (κ3) is 52.1. The minimum absolute atomic E-state index is 0.0296. The molecular weight excluding hydrogens is 931 g/mol. The van der Waals surface area contributed by atoms with Crippen molar-refractivity contribution in [2.45, 2.75) is 141 Å². The van der Waals surface area contributed by atoms with Crippen LogP contribution in [0.4, 0.5) is 0 Å². The molecule has 22 heteroatoms. The van der Waals surface area contributed by atoms with Gasteiger partial charge in [-0.25, -0.2) is 4.79 Å². The smallest absolute Gasteiger partial charge is 0.326 e. The highest BCUT2D eigenvalue weighted by Gasteiger charge is 2.21. The van der Waals surface area contributed by atoms with Crippen LogP contribution in [0.3, 0.4) is 0 Å². The molecule has 0 saturated carbocycles. The Balaban J connectivity index is 3.59. The molecule has 1 atom stereocenters. The van der Waals surface area contributed by atoms with E-state index in [1.807, 2.05) is 6.92 Å². The molecule has 0 rings (SSSR count). The van der Waals surface area contributed by atoms with E-state index in [1.54, 1.807) is 0 Å². The Labute approximate surface area is 422 Å². The van der Waals surface area contributed by atoms with Gasteiger partial charge in [0.05, 0.1) is 79.3 Å². The molecule has 0 aromatic carbocycles. The fourth-order valence-corrected chi connectivity index (χ4v) is 6.65. The van der Waals surface area contributed by atoms with Gasteiger partial charge < -0.3 is 74.7 Å². The Morgan fingerprint density at radius 1 is 0.352 bits per heavy atom. The van der Waals surface area contributed by atoms with Gasteiger partial charge in [0.25, 0.3) is 0 Å². The fraction of sp³-hybridized carbons (Fsp3) is 0.857. The van der Waals surface area contributed by atoms with E-state index in [0.29, 0.717) is 39.4 Å². The first-order chi connectivity index (χ1) is 34.5. The van der Waals surface area contributed by atoms with Crippen LogP contribution >= 0.6 is 0 Å². The zero-order chi connectivity index (χ0) is 52.1. The van der Waals surface area contributed by atoms with Crippen LogP contribution in [0.1, 0.15) is 135 Å². The second kappa shape index (κ2) is 52.3. The summed E-state index contributed by atoms with van der Waals surface area (Å²) in [6.07, 6.45) is 18.2. The number of rotatable bonds is 55. The van der Waals surface area contributed by atoms with Gasteiger partial charge in [-0.05, 0) is 26.2 Å². The highest BCUT2D eigenvalue weighted by atomic mass is 16.5. The zero-order valence-corrected chi connectivity index (χ0v) is 42.9. The summed E-state index contributed by atoms with van der Waals surface area (Å²) in [5, 5.41) is 31.4. The Bertz CT molecular complexity index is 1350. The highest BCUT2D eigenvalue weighted by molar-refractivity contribution is 5.84. The maximum atomic E-state index is 12.4. The average molecular weight is 1020 g/mol. The summed E-state index contributed by atoms with van der Waals surface area (Å²) in [5.74, 6) is -3.46. The number of carbonyl (C=O) groups excluding carboxylic acids is 5. The normalized spacial score (nSPS) is 11.5. The van der Waals surface area contributed by atoms with Crippen molar-refractivity contribution in [3.63, 3.8) is 0 Å². The predicted octanol–water partition coefficient (Wildman–Crippen LogP) is 3.06. The molecule has 0 saturated heterocycles. The van der Waals surface area contributed by atoms with E-state index >= 15 is 0 Å². The van der Waals surface area contributed by atoms with Crippen molar-refractivity contribution in [2.24, 2.45) is 0 Å². The van der Waals surface area contributed by atoms with Crippen LogP contribution in [0.5, 0.6) is 0 Å². The standard InChI is InChI=1S/C49H91N5O17/c1-2-64-31-32-65-28-24-51-45(57)39-70-37-34-67-30-26-53-47(59)41-71-38-35-68-29-25-52-46(58)40-69-36-33-66-27-23-50-43(55)22-21-42(49(62)63)54-44(56)19-17-15-13-11-9-7-5-3-4-6-8-10-12-14-16-18-20-48(60)61/h42H,2-41H2,1H3,(H,50,55)(H,51,57)(H,52,58)(H,53,59)(H,54,56)(H,60,61)(H,62,63)/t42-/m0/s1. The largest absolute Gasteiger partial charge is 0.481 e. The summed E-state index contributed by atoms with van der Waals surface area (Å²) in [6.45, 7) is 6.66. The molecule has 0 aliphatic rings. The number of ether oxygens (including phenoxy) is 8. The summed E-state index contributed by atoms with van der Waals surface area (Å²) in [7, 11) is 0. The molecule has 0 aliphatic carbocycles. The minimum Gasteiger partial charge on any atom is -0.481 e. The van der Waals surface area contributed by atoms with E-state index in [-0.39, 0.29) is 154 Å². The van der Waals surface area contributed by atoms with Crippen LogP contribution in [-0.2, 0) is 71.5 Å². The van der Waals surface area contributed by atoms with E-state index in [2.05, 4.69) is 26.6 Å². The number of nitrogens with one attached hydrogen (secondary N) is 5. The van der Waals surface area contributed by atoms with E-state index in [4.69, 9.17) is 43.0 Å². The molecule has 0 heterocycles. The van der Waals surface area contributed by atoms with Gasteiger partial charge in [0.15, 0.2) is 0 Å². The number of carboxylic acids is 2. The summed E-state index contributed by atoms with van der Waals surface area (Å²) >= 11 is 0. The van der Waals surface area contributed by atoms with E-state index in [1.165, 1.54) is 57.8 Å². The molecule has 0 aromatic heterocycles.